The summed E-state index contributed by atoms with van der Waals surface area (Å²) in [6, 6.07) is 43.3. The van der Waals surface area contributed by atoms with Gasteiger partial charge in [0.1, 0.15) is 40.7 Å². The van der Waals surface area contributed by atoms with E-state index in [0.717, 1.165) is 22.9 Å². The van der Waals surface area contributed by atoms with Crippen LogP contribution < -0.4 is 15.9 Å². The van der Waals surface area contributed by atoms with E-state index in [9.17, 15) is 0 Å². The Morgan fingerprint density at radius 2 is 0.966 bits per heavy atom. The molecule has 29 heavy (non-hydrogen) atoms. The molecule has 0 unspecified atom stereocenters. The van der Waals surface area contributed by atoms with Crippen LogP contribution in [0.2, 0.25) is 0 Å². The van der Waals surface area contributed by atoms with E-state index in [0.29, 0.717) is 0 Å². The van der Waals surface area contributed by atoms with E-state index < -0.39 is 7.26 Å². The van der Waals surface area contributed by atoms with E-state index in [2.05, 4.69) is 109 Å². The molecule has 5 aromatic rings. The van der Waals surface area contributed by atoms with Crippen LogP contribution in [-0.2, 0) is 6.16 Å². The first-order valence-corrected chi connectivity index (χ1v) is 11.9. The quantitative estimate of drug-likeness (QED) is 0.338. The molecule has 0 aliphatic heterocycles. The molecule has 0 atom stereocenters. The van der Waals surface area contributed by atoms with Crippen LogP contribution in [0.15, 0.2) is 126 Å². The second-order valence-corrected chi connectivity index (χ2v) is 10.7. The van der Waals surface area contributed by atoms with Crippen LogP contribution in [0, 0.1) is 0 Å². The van der Waals surface area contributed by atoms with Crippen molar-refractivity contribution in [2.75, 3.05) is 0 Å². The van der Waals surface area contributed by atoms with Crippen molar-refractivity contribution in [3.05, 3.63) is 127 Å². The molecule has 2 heteroatoms. The van der Waals surface area contributed by atoms with Gasteiger partial charge in [-0.25, -0.2) is 0 Å². The molecular weight excluding hydrogens is 371 g/mol. The highest BCUT2D eigenvalue weighted by atomic mass is 31.2. The van der Waals surface area contributed by atoms with Crippen LogP contribution in [0.5, 0.6) is 0 Å². The van der Waals surface area contributed by atoms with E-state index in [4.69, 9.17) is 4.42 Å². The van der Waals surface area contributed by atoms with E-state index in [1.807, 2.05) is 12.1 Å². The molecule has 0 saturated heterocycles. The van der Waals surface area contributed by atoms with Gasteiger partial charge in [0.25, 0.3) is 0 Å². The fraction of sp³-hybridized carbons (Fsp3) is 0.0370. The van der Waals surface area contributed by atoms with Crippen LogP contribution in [0.3, 0.4) is 0 Å². The molecule has 0 aliphatic carbocycles. The Morgan fingerprint density at radius 3 is 1.45 bits per heavy atom. The second-order valence-electron chi connectivity index (χ2n) is 7.23. The average molecular weight is 393 g/mol. The standard InChI is InChI=1S/C27H22OP/c1-4-13-24(14-5-1)29(25-15-6-2-7-16-25,26-17-8-3-9-18-26)21-23-20-22-12-10-11-19-27(22)28-23/h1-20H,21H2/q+1. The first kappa shape index (κ1) is 17.9. The molecule has 4 aromatic carbocycles. The summed E-state index contributed by atoms with van der Waals surface area (Å²) in [5, 5.41) is 5.28. The van der Waals surface area contributed by atoms with Gasteiger partial charge in [0.05, 0.1) is 0 Å². The second kappa shape index (κ2) is 7.70. The molecule has 0 bridgehead atoms. The Kier molecular flexibility index (Phi) is 4.76. The zero-order valence-electron chi connectivity index (χ0n) is 16.1. The van der Waals surface area contributed by atoms with Crippen molar-refractivity contribution >= 4 is 34.1 Å². The molecule has 0 fully saturated rings. The lowest BCUT2D eigenvalue weighted by Crippen LogP contribution is -2.32. The summed E-state index contributed by atoms with van der Waals surface area (Å²) in [5.41, 5.74) is 0.954. The monoisotopic (exact) mass is 393 g/mol. The summed E-state index contributed by atoms with van der Waals surface area (Å²) in [6.45, 7) is 0. The molecule has 0 aliphatic rings. The predicted octanol–water partition coefficient (Wildman–Crippen LogP) is 5.93. The highest BCUT2D eigenvalue weighted by Crippen LogP contribution is 2.58. The minimum atomic E-state index is -1.92. The number of hydrogen-bond donors (Lipinski definition) is 0. The van der Waals surface area contributed by atoms with Gasteiger partial charge in [-0.05, 0) is 48.5 Å². The van der Waals surface area contributed by atoms with Gasteiger partial charge in [0.15, 0.2) is 0 Å². The summed E-state index contributed by atoms with van der Waals surface area (Å²) in [7, 11) is -1.92. The lowest BCUT2D eigenvalue weighted by molar-refractivity contribution is 0.573. The van der Waals surface area contributed by atoms with Crippen LogP contribution in [0.1, 0.15) is 5.76 Å². The molecule has 0 N–H and O–H groups in total. The molecule has 5 rings (SSSR count). The van der Waals surface area contributed by atoms with Crippen LogP contribution in [-0.4, -0.2) is 0 Å². The summed E-state index contributed by atoms with van der Waals surface area (Å²) in [4.78, 5) is 0. The van der Waals surface area contributed by atoms with Gasteiger partial charge in [-0.2, -0.15) is 0 Å². The molecule has 1 aromatic heterocycles. The number of furan rings is 1. The Labute approximate surface area is 172 Å². The maximum atomic E-state index is 6.32. The van der Waals surface area contributed by atoms with E-state index in [-0.39, 0.29) is 0 Å². The largest absolute Gasteiger partial charge is 0.457 e. The van der Waals surface area contributed by atoms with Crippen molar-refractivity contribution < 1.29 is 4.42 Å². The van der Waals surface area contributed by atoms with Gasteiger partial charge in [0, 0.05) is 5.39 Å². The number of rotatable bonds is 5. The summed E-state index contributed by atoms with van der Waals surface area (Å²) < 4.78 is 6.32. The van der Waals surface area contributed by atoms with Gasteiger partial charge >= 0.3 is 0 Å². The van der Waals surface area contributed by atoms with Crippen molar-refractivity contribution in [1.29, 1.82) is 0 Å². The smallest absolute Gasteiger partial charge is 0.143 e. The normalized spacial score (nSPS) is 11.6. The molecule has 0 spiro atoms. The number of para-hydroxylation sites is 1. The summed E-state index contributed by atoms with van der Waals surface area (Å²) >= 11 is 0. The summed E-state index contributed by atoms with van der Waals surface area (Å²) in [6.07, 6.45) is 0.861. The van der Waals surface area contributed by atoms with Crippen LogP contribution >= 0.6 is 7.26 Å². The third kappa shape index (κ3) is 3.28. The van der Waals surface area contributed by atoms with E-state index in [1.165, 1.54) is 15.9 Å². The lowest BCUT2D eigenvalue weighted by Gasteiger charge is -2.26. The summed E-state index contributed by atoms with van der Waals surface area (Å²) in [5.74, 6) is 1.04. The minimum Gasteiger partial charge on any atom is -0.457 e. The topological polar surface area (TPSA) is 13.1 Å². The number of hydrogen-bond acceptors (Lipinski definition) is 1. The number of fused-ring (bicyclic) bond motifs is 1. The van der Waals surface area contributed by atoms with Crippen molar-refractivity contribution in [3.8, 4) is 0 Å². The zero-order chi connectivity index (χ0) is 19.5. The Bertz CT molecular complexity index is 1080. The van der Waals surface area contributed by atoms with Crippen molar-refractivity contribution in [2.24, 2.45) is 0 Å². The Morgan fingerprint density at radius 1 is 0.517 bits per heavy atom. The molecular formula is C27H22OP+. The maximum absolute atomic E-state index is 6.32. The van der Waals surface area contributed by atoms with Gasteiger partial charge in [-0.1, -0.05) is 72.8 Å². The third-order valence-electron chi connectivity index (χ3n) is 5.46. The van der Waals surface area contributed by atoms with E-state index >= 15 is 0 Å². The molecule has 140 valence electrons. The van der Waals surface area contributed by atoms with Gasteiger partial charge in [-0.3, -0.25) is 0 Å². The van der Waals surface area contributed by atoms with Crippen molar-refractivity contribution in [3.63, 3.8) is 0 Å². The zero-order valence-corrected chi connectivity index (χ0v) is 17.0. The van der Waals surface area contributed by atoms with Gasteiger partial charge < -0.3 is 4.42 Å². The van der Waals surface area contributed by atoms with Crippen LogP contribution in [0.4, 0.5) is 0 Å². The molecule has 0 radical (unpaired) electrons. The predicted molar refractivity (Wildman–Crippen MR) is 125 cm³/mol. The lowest BCUT2D eigenvalue weighted by atomic mass is 10.2. The first-order valence-electron chi connectivity index (χ1n) is 9.89. The first-order chi connectivity index (χ1) is 14.4. The van der Waals surface area contributed by atoms with E-state index in [1.54, 1.807) is 0 Å². The fourth-order valence-corrected chi connectivity index (χ4v) is 8.23. The minimum absolute atomic E-state index is 0.861. The molecule has 0 saturated carbocycles. The molecule has 1 nitrogen and oxygen atoms in total. The van der Waals surface area contributed by atoms with Crippen LogP contribution in [0.25, 0.3) is 11.0 Å². The highest BCUT2D eigenvalue weighted by Gasteiger charge is 2.46. The molecule has 1 heterocycles. The van der Waals surface area contributed by atoms with Crippen molar-refractivity contribution in [2.45, 2.75) is 6.16 Å². The fourth-order valence-electron chi connectivity index (χ4n) is 4.12. The van der Waals surface area contributed by atoms with Gasteiger partial charge in [0.2, 0.25) is 0 Å². The highest BCUT2D eigenvalue weighted by molar-refractivity contribution is 7.95. The maximum Gasteiger partial charge on any atom is 0.143 e. The SMILES string of the molecule is c1ccc([P+](Cc2cc3ccccc3o2)(c2ccccc2)c2ccccc2)cc1. The Hall–Kier alpha value is -3.15. The Balaban J connectivity index is 1.77. The van der Waals surface area contributed by atoms with Crippen molar-refractivity contribution in [1.82, 2.24) is 0 Å². The molecule has 0 amide bonds. The number of benzene rings is 4. The average Bonchev–Trinajstić information content (AvgIpc) is 3.22. The van der Waals surface area contributed by atoms with Gasteiger partial charge in [-0.15, -0.1) is 0 Å². The third-order valence-corrected chi connectivity index (χ3v) is 9.79.